The van der Waals surface area contributed by atoms with Gasteiger partial charge in [-0.15, -0.1) is 0 Å². The minimum absolute atomic E-state index is 0.0105. The van der Waals surface area contributed by atoms with Crippen LogP contribution >= 0.6 is 11.8 Å². The maximum absolute atomic E-state index is 13.6. The summed E-state index contributed by atoms with van der Waals surface area (Å²) in [7, 11) is 0. The molecule has 36 heavy (non-hydrogen) atoms. The quantitative estimate of drug-likeness (QED) is 0.284. The number of thioether (sulfide) groups is 1. The Balaban J connectivity index is 1.80. The molecule has 0 heterocycles. The van der Waals surface area contributed by atoms with Gasteiger partial charge in [0.05, 0.1) is 0 Å². The van der Waals surface area contributed by atoms with Gasteiger partial charge in [-0.3, -0.25) is 9.59 Å². The molecule has 0 fully saturated rings. The van der Waals surface area contributed by atoms with Crippen LogP contribution in [0.25, 0.3) is 0 Å². The third-order valence-corrected chi connectivity index (χ3v) is 7.35. The first kappa shape index (κ1) is 27.5. The number of nitrogens with zero attached hydrogens (tertiary/aromatic N) is 1. The Morgan fingerprint density at radius 2 is 1.47 bits per heavy atom. The van der Waals surface area contributed by atoms with Crippen molar-refractivity contribution in [2.24, 2.45) is 0 Å². The number of benzene rings is 3. The summed E-state index contributed by atoms with van der Waals surface area (Å²) in [5.41, 5.74) is 4.49. The van der Waals surface area contributed by atoms with Gasteiger partial charge in [-0.25, -0.2) is 0 Å². The second-order valence-corrected chi connectivity index (χ2v) is 10.4. The molecule has 0 saturated heterocycles. The van der Waals surface area contributed by atoms with Crippen molar-refractivity contribution in [3.63, 3.8) is 0 Å². The van der Waals surface area contributed by atoms with Gasteiger partial charge >= 0.3 is 0 Å². The Morgan fingerprint density at radius 3 is 2.08 bits per heavy atom. The smallest absolute Gasteiger partial charge is 0.243 e. The fourth-order valence-corrected chi connectivity index (χ4v) is 4.84. The van der Waals surface area contributed by atoms with Crippen molar-refractivity contribution in [3.05, 3.63) is 107 Å². The molecule has 0 aromatic heterocycles. The number of carbonyl (C=O) groups excluding carboxylic acids is 2. The molecule has 0 aliphatic heterocycles. The maximum Gasteiger partial charge on any atom is 0.243 e. The molecule has 0 aliphatic carbocycles. The molecule has 0 spiro atoms. The zero-order valence-electron chi connectivity index (χ0n) is 21.7. The van der Waals surface area contributed by atoms with E-state index in [0.717, 1.165) is 23.3 Å². The van der Waals surface area contributed by atoms with Crippen LogP contribution in [0, 0.1) is 6.92 Å². The molecule has 4 nitrogen and oxygen atoms in total. The van der Waals surface area contributed by atoms with E-state index in [4.69, 9.17) is 0 Å². The van der Waals surface area contributed by atoms with E-state index < -0.39 is 6.04 Å². The van der Waals surface area contributed by atoms with Crippen LogP contribution in [0.15, 0.2) is 84.9 Å². The third-order valence-electron chi connectivity index (χ3n) is 6.32. The molecule has 0 aliphatic rings. The van der Waals surface area contributed by atoms with Crippen molar-refractivity contribution >= 4 is 23.6 Å². The van der Waals surface area contributed by atoms with Gasteiger partial charge in [-0.1, -0.05) is 97.4 Å². The molecule has 2 amide bonds. The minimum atomic E-state index is -0.575. The van der Waals surface area contributed by atoms with Gasteiger partial charge in [0.15, 0.2) is 0 Å². The van der Waals surface area contributed by atoms with Gasteiger partial charge in [-0.05, 0) is 37.0 Å². The second kappa shape index (κ2) is 14.5. The summed E-state index contributed by atoms with van der Waals surface area (Å²) in [6, 6.07) is 27.9. The first-order valence-electron chi connectivity index (χ1n) is 12.8. The Labute approximate surface area is 220 Å². The Hall–Kier alpha value is -3.05. The van der Waals surface area contributed by atoms with Gasteiger partial charge in [0.1, 0.15) is 6.04 Å². The Bertz CT molecular complexity index is 1070. The zero-order valence-corrected chi connectivity index (χ0v) is 22.5. The number of nitrogens with one attached hydrogen (secondary N) is 1. The van der Waals surface area contributed by atoms with E-state index in [1.54, 1.807) is 16.7 Å². The second-order valence-electron chi connectivity index (χ2n) is 9.32. The van der Waals surface area contributed by atoms with Crippen LogP contribution in [0.4, 0.5) is 0 Å². The normalized spacial score (nSPS) is 12.5. The van der Waals surface area contributed by atoms with Crippen molar-refractivity contribution in [1.29, 1.82) is 0 Å². The van der Waals surface area contributed by atoms with Gasteiger partial charge in [0.2, 0.25) is 11.8 Å². The van der Waals surface area contributed by atoms with Gasteiger partial charge in [-0.2, -0.15) is 11.8 Å². The lowest BCUT2D eigenvalue weighted by atomic mass is 10.0. The molecule has 3 aromatic carbocycles. The summed E-state index contributed by atoms with van der Waals surface area (Å²) >= 11 is 1.75. The summed E-state index contributed by atoms with van der Waals surface area (Å²) < 4.78 is 0. The number of carbonyl (C=O) groups is 2. The highest BCUT2D eigenvalue weighted by Gasteiger charge is 2.30. The predicted octanol–water partition coefficient (Wildman–Crippen LogP) is 6.17. The van der Waals surface area contributed by atoms with Crippen LogP contribution < -0.4 is 5.32 Å². The molecule has 0 bridgehead atoms. The largest absolute Gasteiger partial charge is 0.352 e. The average molecular weight is 503 g/mol. The standard InChI is InChI=1S/C31H38N2O2S/c1-4-25(3)32-31(35)29(21-26-11-7-5-8-12-26)33(22-27-17-15-24(2)16-18-27)30(34)19-20-36-23-28-13-9-6-10-14-28/h5-18,25,29H,4,19-23H2,1-3H3,(H,32,35)/t25-,29+/m0/s1. The number of aryl methyl sites for hydroxylation is 1. The van der Waals surface area contributed by atoms with Crippen molar-refractivity contribution < 1.29 is 9.59 Å². The summed E-state index contributed by atoms with van der Waals surface area (Å²) in [5, 5.41) is 3.13. The molecule has 1 N–H and O–H groups in total. The summed E-state index contributed by atoms with van der Waals surface area (Å²) in [6.07, 6.45) is 1.72. The number of rotatable bonds is 13. The molecule has 2 atom stereocenters. The van der Waals surface area contributed by atoms with Crippen LogP contribution in [0.3, 0.4) is 0 Å². The van der Waals surface area contributed by atoms with E-state index in [1.807, 2.05) is 67.6 Å². The third kappa shape index (κ3) is 8.87. The van der Waals surface area contributed by atoms with Crippen LogP contribution in [-0.2, 0) is 28.3 Å². The maximum atomic E-state index is 13.6. The van der Waals surface area contributed by atoms with Crippen molar-refractivity contribution in [1.82, 2.24) is 10.2 Å². The fourth-order valence-electron chi connectivity index (χ4n) is 3.95. The van der Waals surface area contributed by atoms with Crippen molar-refractivity contribution in [2.45, 2.75) is 64.4 Å². The molecule has 3 rings (SSSR count). The Kier molecular flexibility index (Phi) is 11.1. The molecular formula is C31H38N2O2S. The highest BCUT2D eigenvalue weighted by molar-refractivity contribution is 7.98. The van der Waals surface area contributed by atoms with E-state index >= 15 is 0 Å². The van der Waals surface area contributed by atoms with Gasteiger partial charge in [0, 0.05) is 36.9 Å². The van der Waals surface area contributed by atoms with Crippen LogP contribution in [0.2, 0.25) is 0 Å². The lowest BCUT2D eigenvalue weighted by Gasteiger charge is -2.32. The fraction of sp³-hybridized carbons (Fsp3) is 0.355. The molecule has 3 aromatic rings. The summed E-state index contributed by atoms with van der Waals surface area (Å²) in [4.78, 5) is 29.0. The molecule has 5 heteroatoms. The van der Waals surface area contributed by atoms with Crippen molar-refractivity contribution in [2.75, 3.05) is 5.75 Å². The van der Waals surface area contributed by atoms with Crippen LogP contribution in [0.1, 0.15) is 48.9 Å². The summed E-state index contributed by atoms with van der Waals surface area (Å²) in [5.74, 6) is 1.50. The SMILES string of the molecule is CC[C@H](C)NC(=O)[C@@H](Cc1ccccc1)N(Cc1ccc(C)cc1)C(=O)CCSCc1ccccc1. The molecule has 190 valence electrons. The highest BCUT2D eigenvalue weighted by Crippen LogP contribution is 2.19. The number of hydrogen-bond donors (Lipinski definition) is 1. The molecule has 0 radical (unpaired) electrons. The summed E-state index contributed by atoms with van der Waals surface area (Å²) in [6.45, 7) is 6.52. The van der Waals surface area contributed by atoms with E-state index in [1.165, 1.54) is 11.1 Å². The molecule has 0 saturated carbocycles. The van der Waals surface area contributed by atoms with Gasteiger partial charge < -0.3 is 10.2 Å². The highest BCUT2D eigenvalue weighted by atomic mass is 32.2. The topological polar surface area (TPSA) is 49.4 Å². The lowest BCUT2D eigenvalue weighted by molar-refractivity contribution is -0.141. The first-order chi connectivity index (χ1) is 17.5. The Morgan fingerprint density at radius 1 is 0.861 bits per heavy atom. The molecular weight excluding hydrogens is 464 g/mol. The monoisotopic (exact) mass is 502 g/mol. The first-order valence-corrected chi connectivity index (χ1v) is 13.9. The number of hydrogen-bond acceptors (Lipinski definition) is 3. The average Bonchev–Trinajstić information content (AvgIpc) is 2.90. The van der Waals surface area contributed by atoms with E-state index in [9.17, 15) is 9.59 Å². The van der Waals surface area contributed by atoms with Gasteiger partial charge in [0.25, 0.3) is 0 Å². The molecule has 0 unspecified atom stereocenters. The van der Waals surface area contributed by atoms with E-state index in [0.29, 0.717) is 25.1 Å². The van der Waals surface area contributed by atoms with E-state index in [2.05, 4.69) is 43.4 Å². The van der Waals surface area contributed by atoms with E-state index in [-0.39, 0.29) is 17.9 Å². The zero-order chi connectivity index (χ0) is 25.8. The predicted molar refractivity (Wildman–Crippen MR) is 151 cm³/mol. The lowest BCUT2D eigenvalue weighted by Crippen LogP contribution is -2.52. The van der Waals surface area contributed by atoms with Crippen LogP contribution in [-0.4, -0.2) is 34.6 Å². The van der Waals surface area contributed by atoms with Crippen molar-refractivity contribution in [3.8, 4) is 0 Å². The number of amides is 2. The minimum Gasteiger partial charge on any atom is -0.352 e. The van der Waals surface area contributed by atoms with Crippen LogP contribution in [0.5, 0.6) is 0 Å².